The van der Waals surface area contributed by atoms with Gasteiger partial charge in [0, 0.05) is 30.6 Å². The summed E-state index contributed by atoms with van der Waals surface area (Å²) in [7, 11) is 0. The summed E-state index contributed by atoms with van der Waals surface area (Å²) in [5, 5.41) is 10.3. The molecular weight excluding hydrogens is 328 g/mol. The van der Waals surface area contributed by atoms with Crippen LogP contribution in [0.1, 0.15) is 60.3 Å². The molecule has 4 nitrogen and oxygen atoms in total. The SMILES string of the molecule is CC1(C)C(=O)C(O)=C[C@@H]2C1=CC[C@@H]1[C@@]2(C)C(=O)C[C@]2(C)CC(=O)C[C@@]12C. The zero-order valence-corrected chi connectivity index (χ0v) is 16.3. The number of carbonyl (C=O) groups is 3. The van der Waals surface area contributed by atoms with E-state index >= 15 is 0 Å². The lowest BCUT2D eigenvalue weighted by molar-refractivity contribution is -0.161. The van der Waals surface area contributed by atoms with Crippen molar-refractivity contribution in [2.75, 3.05) is 0 Å². The van der Waals surface area contributed by atoms with E-state index in [1.54, 1.807) is 6.08 Å². The molecule has 0 unspecified atom stereocenters. The molecule has 0 aliphatic heterocycles. The number of fused-ring (bicyclic) bond motifs is 5. The molecule has 0 spiro atoms. The monoisotopic (exact) mass is 356 g/mol. The highest BCUT2D eigenvalue weighted by Gasteiger charge is 2.69. The van der Waals surface area contributed by atoms with Gasteiger partial charge in [-0.1, -0.05) is 32.4 Å². The number of rotatable bonds is 0. The molecule has 2 fully saturated rings. The van der Waals surface area contributed by atoms with Crippen LogP contribution in [0.4, 0.5) is 0 Å². The number of allylic oxidation sites excluding steroid dienone is 4. The van der Waals surface area contributed by atoms with Crippen LogP contribution in [0.2, 0.25) is 0 Å². The van der Waals surface area contributed by atoms with Gasteiger partial charge in [0.05, 0.1) is 5.41 Å². The highest BCUT2D eigenvalue weighted by atomic mass is 16.3. The zero-order valence-electron chi connectivity index (χ0n) is 16.3. The molecule has 26 heavy (non-hydrogen) atoms. The summed E-state index contributed by atoms with van der Waals surface area (Å²) >= 11 is 0. The first-order valence-corrected chi connectivity index (χ1v) is 9.59. The van der Waals surface area contributed by atoms with Gasteiger partial charge in [-0.15, -0.1) is 0 Å². The van der Waals surface area contributed by atoms with Gasteiger partial charge in [-0.25, -0.2) is 0 Å². The van der Waals surface area contributed by atoms with E-state index in [-0.39, 0.29) is 45.8 Å². The van der Waals surface area contributed by atoms with Crippen molar-refractivity contribution >= 4 is 17.3 Å². The molecule has 0 radical (unpaired) electrons. The van der Waals surface area contributed by atoms with E-state index in [4.69, 9.17) is 0 Å². The molecule has 1 N–H and O–H groups in total. The minimum atomic E-state index is -0.801. The smallest absolute Gasteiger partial charge is 0.206 e. The maximum atomic E-state index is 13.5. The molecule has 2 saturated carbocycles. The Morgan fingerprint density at radius 1 is 1.00 bits per heavy atom. The van der Waals surface area contributed by atoms with Gasteiger partial charge in [0.1, 0.15) is 11.6 Å². The fourth-order valence-corrected chi connectivity index (χ4v) is 6.71. The van der Waals surface area contributed by atoms with Crippen molar-refractivity contribution in [3.05, 3.63) is 23.5 Å². The summed E-state index contributed by atoms with van der Waals surface area (Å²) in [5.41, 5.74) is -1.06. The van der Waals surface area contributed by atoms with E-state index < -0.39 is 10.8 Å². The Balaban J connectivity index is 1.92. The number of carbonyl (C=O) groups excluding carboxylic acids is 3. The van der Waals surface area contributed by atoms with E-state index in [0.717, 1.165) is 5.57 Å². The van der Waals surface area contributed by atoms with Gasteiger partial charge in [0.2, 0.25) is 5.78 Å². The molecule has 4 aliphatic carbocycles. The first kappa shape index (κ1) is 17.7. The zero-order chi connectivity index (χ0) is 19.3. The van der Waals surface area contributed by atoms with E-state index in [0.29, 0.717) is 25.7 Å². The Kier molecular flexibility index (Phi) is 3.24. The first-order chi connectivity index (χ1) is 11.9. The maximum Gasteiger partial charge on any atom is 0.206 e. The van der Waals surface area contributed by atoms with Crippen LogP contribution in [-0.2, 0) is 14.4 Å². The summed E-state index contributed by atoms with van der Waals surface area (Å²) in [5.74, 6) is -0.334. The molecule has 4 aliphatic rings. The molecule has 4 rings (SSSR count). The van der Waals surface area contributed by atoms with E-state index in [1.165, 1.54) is 0 Å². The Morgan fingerprint density at radius 2 is 1.65 bits per heavy atom. The average molecular weight is 356 g/mol. The second-order valence-electron chi connectivity index (χ2n) is 10.2. The fraction of sp³-hybridized carbons (Fsp3) is 0.682. The number of aliphatic hydroxyl groups is 1. The highest BCUT2D eigenvalue weighted by molar-refractivity contribution is 6.02. The molecular formula is C22H28O4. The minimum absolute atomic E-state index is 0.0366. The summed E-state index contributed by atoms with van der Waals surface area (Å²) < 4.78 is 0. The molecule has 0 bridgehead atoms. The van der Waals surface area contributed by atoms with Crippen LogP contribution >= 0.6 is 0 Å². The van der Waals surface area contributed by atoms with Crippen LogP contribution in [0, 0.1) is 33.5 Å². The number of hydrogen-bond acceptors (Lipinski definition) is 4. The lowest BCUT2D eigenvalue weighted by Gasteiger charge is -2.62. The van der Waals surface area contributed by atoms with Crippen molar-refractivity contribution < 1.29 is 19.5 Å². The Hall–Kier alpha value is -1.71. The molecule has 0 amide bonds. The number of ketones is 3. The third-order valence-corrected chi connectivity index (χ3v) is 8.58. The van der Waals surface area contributed by atoms with Crippen LogP contribution in [0.3, 0.4) is 0 Å². The minimum Gasteiger partial charge on any atom is -0.505 e. The summed E-state index contributed by atoms with van der Waals surface area (Å²) in [6, 6.07) is 0. The lowest BCUT2D eigenvalue weighted by Crippen LogP contribution is -2.61. The molecule has 0 aromatic heterocycles. The van der Waals surface area contributed by atoms with Gasteiger partial charge in [0.25, 0.3) is 0 Å². The number of hydrogen-bond donors (Lipinski definition) is 1. The van der Waals surface area contributed by atoms with Crippen molar-refractivity contribution in [1.82, 2.24) is 0 Å². The number of aliphatic hydroxyl groups excluding tert-OH is 1. The van der Waals surface area contributed by atoms with E-state index in [2.05, 4.69) is 19.9 Å². The van der Waals surface area contributed by atoms with Crippen LogP contribution in [0.5, 0.6) is 0 Å². The Labute approximate surface area is 154 Å². The molecule has 0 aromatic carbocycles. The lowest BCUT2D eigenvalue weighted by atomic mass is 9.40. The largest absolute Gasteiger partial charge is 0.505 e. The summed E-state index contributed by atoms with van der Waals surface area (Å²) in [4.78, 5) is 38.3. The van der Waals surface area contributed by atoms with Crippen LogP contribution in [0.15, 0.2) is 23.5 Å². The molecule has 0 aromatic rings. The van der Waals surface area contributed by atoms with Crippen molar-refractivity contribution in [3.8, 4) is 0 Å². The third-order valence-electron chi connectivity index (χ3n) is 8.58. The predicted octanol–water partition coefficient (Wildman–Crippen LogP) is 3.95. The van der Waals surface area contributed by atoms with Gasteiger partial charge in [0.15, 0.2) is 5.76 Å². The molecule has 0 saturated heterocycles. The van der Waals surface area contributed by atoms with Crippen molar-refractivity contribution in [2.45, 2.75) is 60.3 Å². The molecule has 0 heterocycles. The fourth-order valence-electron chi connectivity index (χ4n) is 6.71. The van der Waals surface area contributed by atoms with Gasteiger partial charge in [-0.3, -0.25) is 14.4 Å². The molecule has 4 heteroatoms. The topological polar surface area (TPSA) is 71.4 Å². The van der Waals surface area contributed by atoms with Crippen molar-refractivity contribution in [1.29, 1.82) is 0 Å². The predicted molar refractivity (Wildman–Crippen MR) is 97.4 cm³/mol. The van der Waals surface area contributed by atoms with E-state index in [1.807, 2.05) is 20.8 Å². The Morgan fingerprint density at radius 3 is 2.31 bits per heavy atom. The summed E-state index contributed by atoms with van der Waals surface area (Å²) in [6.07, 6.45) is 5.82. The number of Topliss-reactive ketones (excluding diaryl/α,β-unsaturated/α-hetero) is 3. The second-order valence-corrected chi connectivity index (χ2v) is 10.2. The molecule has 5 atom stereocenters. The van der Waals surface area contributed by atoms with Crippen LogP contribution < -0.4 is 0 Å². The van der Waals surface area contributed by atoms with Crippen LogP contribution in [-0.4, -0.2) is 22.5 Å². The van der Waals surface area contributed by atoms with E-state index in [9.17, 15) is 19.5 Å². The van der Waals surface area contributed by atoms with Crippen molar-refractivity contribution in [2.24, 2.45) is 33.5 Å². The van der Waals surface area contributed by atoms with Crippen LogP contribution in [0.25, 0.3) is 0 Å². The summed E-state index contributed by atoms with van der Waals surface area (Å²) in [6.45, 7) is 9.94. The standard InChI is InChI=1S/C22H28O4/c1-19(2)13-6-7-16-21(4)10-12(23)9-20(21,3)11-17(25)22(16,5)14(13)8-15(24)18(19)26/h6,8,14,16,24H,7,9-11H2,1-5H3/t14-,16+,20+,21+,22+/m1/s1. The van der Waals surface area contributed by atoms with Gasteiger partial charge in [-0.05, 0) is 43.1 Å². The van der Waals surface area contributed by atoms with Crippen molar-refractivity contribution in [3.63, 3.8) is 0 Å². The quantitative estimate of drug-likeness (QED) is 0.667. The Bertz CT molecular complexity index is 816. The second kappa shape index (κ2) is 4.76. The first-order valence-electron chi connectivity index (χ1n) is 9.59. The third kappa shape index (κ3) is 1.78. The van der Waals surface area contributed by atoms with Gasteiger partial charge < -0.3 is 5.11 Å². The highest BCUT2D eigenvalue weighted by Crippen LogP contribution is 2.70. The normalized spacial score (nSPS) is 46.9. The van der Waals surface area contributed by atoms with Gasteiger partial charge >= 0.3 is 0 Å². The van der Waals surface area contributed by atoms with Gasteiger partial charge in [-0.2, -0.15) is 0 Å². The maximum absolute atomic E-state index is 13.5. The average Bonchev–Trinajstić information content (AvgIpc) is 2.75. The molecule has 140 valence electrons.